The first kappa shape index (κ1) is 14.4. The van der Waals surface area contributed by atoms with Crippen molar-refractivity contribution in [1.82, 2.24) is 9.88 Å². The Kier molecular flexibility index (Phi) is 4.17. The number of nitrogens with zero attached hydrogens (tertiary/aromatic N) is 2. The highest BCUT2D eigenvalue weighted by molar-refractivity contribution is 5.82. The Balaban J connectivity index is 1.86. The van der Waals surface area contributed by atoms with Crippen LogP contribution in [0, 0.1) is 5.82 Å². The number of aliphatic hydroxyl groups is 1. The van der Waals surface area contributed by atoms with E-state index in [0.29, 0.717) is 11.9 Å². The van der Waals surface area contributed by atoms with Crippen LogP contribution in [0.5, 0.6) is 0 Å². The minimum Gasteiger partial charge on any atom is -0.391 e. The molecule has 3 nitrogen and oxygen atoms in total. The summed E-state index contributed by atoms with van der Waals surface area (Å²) < 4.78 is 13.8. The minimum absolute atomic E-state index is 0.183. The summed E-state index contributed by atoms with van der Waals surface area (Å²) in [5.41, 5.74) is 1.72. The van der Waals surface area contributed by atoms with Gasteiger partial charge in [0.1, 0.15) is 5.82 Å². The number of likely N-dealkylation sites (N-methyl/N-ethyl adjacent to an activating group) is 1. The number of aliphatic hydroxyl groups excluding tert-OH is 1. The highest BCUT2D eigenvalue weighted by atomic mass is 19.1. The largest absolute Gasteiger partial charge is 0.391 e. The molecule has 112 valence electrons. The lowest BCUT2D eigenvalue weighted by molar-refractivity contribution is 0.0290. The fraction of sp³-hybridized carbons (Fsp3) is 0.471. The Morgan fingerprint density at radius 3 is 2.90 bits per heavy atom. The SMILES string of the molecule is CN(Cc1ccc(F)c2cccnc12)C1CCCCC1O. The van der Waals surface area contributed by atoms with Gasteiger partial charge >= 0.3 is 0 Å². The molecular formula is C17H21FN2O. The van der Waals surface area contributed by atoms with Crippen LogP contribution in [0.4, 0.5) is 4.39 Å². The van der Waals surface area contributed by atoms with E-state index < -0.39 is 0 Å². The second kappa shape index (κ2) is 6.08. The summed E-state index contributed by atoms with van der Waals surface area (Å²) in [5, 5.41) is 10.7. The van der Waals surface area contributed by atoms with Crippen LogP contribution in [0.2, 0.25) is 0 Å². The summed E-state index contributed by atoms with van der Waals surface area (Å²) in [6.07, 6.45) is 5.59. The molecule has 0 aliphatic heterocycles. The molecule has 0 saturated heterocycles. The third-order valence-corrected chi connectivity index (χ3v) is 4.48. The van der Waals surface area contributed by atoms with Crippen LogP contribution in [0.1, 0.15) is 31.2 Å². The van der Waals surface area contributed by atoms with Crippen molar-refractivity contribution >= 4 is 10.9 Å². The van der Waals surface area contributed by atoms with E-state index in [1.165, 1.54) is 6.07 Å². The Morgan fingerprint density at radius 1 is 1.29 bits per heavy atom. The molecular weight excluding hydrogens is 267 g/mol. The first-order valence-corrected chi connectivity index (χ1v) is 7.57. The second-order valence-corrected chi connectivity index (χ2v) is 5.94. The Hall–Kier alpha value is -1.52. The Labute approximate surface area is 124 Å². The predicted octanol–water partition coefficient (Wildman–Crippen LogP) is 3.11. The first-order valence-electron chi connectivity index (χ1n) is 7.57. The lowest BCUT2D eigenvalue weighted by Gasteiger charge is -2.35. The average molecular weight is 288 g/mol. The zero-order chi connectivity index (χ0) is 14.8. The zero-order valence-corrected chi connectivity index (χ0v) is 12.3. The maximum Gasteiger partial charge on any atom is 0.132 e. The summed E-state index contributed by atoms with van der Waals surface area (Å²) in [6.45, 7) is 0.676. The minimum atomic E-state index is -0.261. The molecule has 1 aromatic carbocycles. The van der Waals surface area contributed by atoms with Crippen LogP contribution in [0.15, 0.2) is 30.5 Å². The van der Waals surface area contributed by atoms with E-state index in [-0.39, 0.29) is 18.0 Å². The summed E-state index contributed by atoms with van der Waals surface area (Å²) >= 11 is 0. The van der Waals surface area contributed by atoms with Crippen LogP contribution in [0.25, 0.3) is 10.9 Å². The lowest BCUT2D eigenvalue weighted by atomic mass is 9.91. The smallest absolute Gasteiger partial charge is 0.132 e. The molecule has 2 aromatic rings. The van der Waals surface area contributed by atoms with Crippen LogP contribution in [-0.4, -0.2) is 34.2 Å². The van der Waals surface area contributed by atoms with E-state index in [1.54, 1.807) is 24.4 Å². The fourth-order valence-electron chi connectivity index (χ4n) is 3.32. The van der Waals surface area contributed by atoms with Gasteiger partial charge < -0.3 is 5.11 Å². The first-order chi connectivity index (χ1) is 10.2. The number of aromatic nitrogens is 1. The number of hydrogen-bond acceptors (Lipinski definition) is 3. The van der Waals surface area contributed by atoms with Gasteiger partial charge in [0.05, 0.1) is 11.6 Å². The molecule has 1 N–H and O–H groups in total. The van der Waals surface area contributed by atoms with Crippen LogP contribution < -0.4 is 0 Å². The second-order valence-electron chi connectivity index (χ2n) is 5.94. The molecule has 2 unspecified atom stereocenters. The van der Waals surface area contributed by atoms with E-state index in [2.05, 4.69) is 9.88 Å². The van der Waals surface area contributed by atoms with Crippen LogP contribution in [-0.2, 0) is 6.54 Å². The summed E-state index contributed by atoms with van der Waals surface area (Å²) in [6, 6.07) is 7.00. The summed E-state index contributed by atoms with van der Waals surface area (Å²) in [5.74, 6) is -0.234. The highest BCUT2D eigenvalue weighted by Crippen LogP contribution is 2.26. The van der Waals surface area contributed by atoms with Crippen molar-refractivity contribution in [2.75, 3.05) is 7.05 Å². The Bertz CT molecular complexity index is 631. The van der Waals surface area contributed by atoms with E-state index >= 15 is 0 Å². The van der Waals surface area contributed by atoms with E-state index in [4.69, 9.17) is 0 Å². The van der Waals surface area contributed by atoms with Crippen molar-refractivity contribution in [1.29, 1.82) is 0 Å². The average Bonchev–Trinajstić information content (AvgIpc) is 2.51. The number of rotatable bonds is 3. The molecule has 1 heterocycles. The highest BCUT2D eigenvalue weighted by Gasteiger charge is 2.26. The number of hydrogen-bond donors (Lipinski definition) is 1. The van der Waals surface area contributed by atoms with Gasteiger partial charge in [0.2, 0.25) is 0 Å². The number of halogens is 1. The molecule has 0 spiro atoms. The van der Waals surface area contributed by atoms with Gasteiger partial charge in [0.15, 0.2) is 0 Å². The zero-order valence-electron chi connectivity index (χ0n) is 12.3. The van der Waals surface area contributed by atoms with Gasteiger partial charge in [-0.25, -0.2) is 4.39 Å². The number of fused-ring (bicyclic) bond motifs is 1. The molecule has 0 radical (unpaired) electrons. The van der Waals surface area contributed by atoms with Gasteiger partial charge in [-0.05, 0) is 43.7 Å². The van der Waals surface area contributed by atoms with Gasteiger partial charge in [0.25, 0.3) is 0 Å². The molecule has 1 aliphatic carbocycles. The van der Waals surface area contributed by atoms with Crippen molar-refractivity contribution in [3.05, 3.63) is 41.8 Å². The molecule has 0 amide bonds. The van der Waals surface area contributed by atoms with E-state index in [0.717, 1.165) is 36.8 Å². The monoisotopic (exact) mass is 288 g/mol. The maximum absolute atomic E-state index is 13.8. The molecule has 3 rings (SSSR count). The van der Waals surface area contributed by atoms with E-state index in [1.807, 2.05) is 7.05 Å². The van der Waals surface area contributed by atoms with Gasteiger partial charge in [-0.1, -0.05) is 18.9 Å². The topological polar surface area (TPSA) is 36.4 Å². The van der Waals surface area contributed by atoms with Gasteiger partial charge in [-0.2, -0.15) is 0 Å². The van der Waals surface area contributed by atoms with Crippen molar-refractivity contribution in [2.24, 2.45) is 0 Å². The lowest BCUT2D eigenvalue weighted by Crippen LogP contribution is -2.42. The molecule has 1 aliphatic rings. The molecule has 0 bridgehead atoms. The summed E-state index contributed by atoms with van der Waals surface area (Å²) in [7, 11) is 2.03. The third-order valence-electron chi connectivity index (χ3n) is 4.48. The number of benzene rings is 1. The maximum atomic E-state index is 13.8. The van der Waals surface area contributed by atoms with Crippen LogP contribution >= 0.6 is 0 Å². The van der Waals surface area contributed by atoms with Gasteiger partial charge in [-0.3, -0.25) is 9.88 Å². The normalized spacial score (nSPS) is 22.9. The van der Waals surface area contributed by atoms with Gasteiger partial charge in [0, 0.05) is 24.2 Å². The molecule has 1 aromatic heterocycles. The van der Waals surface area contributed by atoms with Crippen molar-refractivity contribution < 1.29 is 9.50 Å². The molecule has 2 atom stereocenters. The van der Waals surface area contributed by atoms with Crippen molar-refractivity contribution in [3.8, 4) is 0 Å². The quantitative estimate of drug-likeness (QED) is 0.942. The fourth-order valence-corrected chi connectivity index (χ4v) is 3.32. The molecule has 21 heavy (non-hydrogen) atoms. The molecule has 4 heteroatoms. The van der Waals surface area contributed by atoms with Crippen molar-refractivity contribution in [2.45, 2.75) is 44.4 Å². The Morgan fingerprint density at radius 2 is 2.10 bits per heavy atom. The summed E-state index contributed by atoms with van der Waals surface area (Å²) in [4.78, 5) is 6.50. The molecule has 1 saturated carbocycles. The standard InChI is InChI=1S/C17H21FN2O/c1-20(15-6-2-3-7-16(15)21)11-12-8-9-14(18)13-5-4-10-19-17(12)13/h4-5,8-10,15-16,21H,2-3,6-7,11H2,1H3. The number of pyridine rings is 1. The molecule has 1 fully saturated rings. The third kappa shape index (κ3) is 2.92. The predicted molar refractivity (Wildman–Crippen MR) is 81.4 cm³/mol. The van der Waals surface area contributed by atoms with E-state index in [9.17, 15) is 9.50 Å². The van der Waals surface area contributed by atoms with Crippen LogP contribution in [0.3, 0.4) is 0 Å². The van der Waals surface area contributed by atoms with Crippen molar-refractivity contribution in [3.63, 3.8) is 0 Å². The van der Waals surface area contributed by atoms with Gasteiger partial charge in [-0.15, -0.1) is 0 Å².